The molecule has 4 saturated carbocycles. The molecule has 2 aromatic heterocycles. The molecule has 0 radical (unpaired) electrons. The topological polar surface area (TPSA) is 68.0 Å². The molecule has 33 heavy (non-hydrogen) atoms. The smallest absolute Gasteiger partial charge is 0.160 e. The Balaban J connectivity index is 1.25. The van der Waals surface area contributed by atoms with Crippen molar-refractivity contribution in [1.82, 2.24) is 14.5 Å². The normalized spacial score (nSPS) is 42.9. The molecule has 0 bridgehead atoms. The molecular weight excluding hydrogens is 410 g/mol. The highest BCUT2D eigenvalue weighted by Crippen LogP contribution is 2.66. The summed E-state index contributed by atoms with van der Waals surface area (Å²) in [5, 5.41) is 10.3. The van der Waals surface area contributed by atoms with Crippen LogP contribution in [0.25, 0.3) is 11.2 Å². The molecule has 6 rings (SSSR count). The minimum Gasteiger partial charge on any atom is -0.393 e. The third-order valence-corrected chi connectivity index (χ3v) is 11.0. The SMILES string of the molecule is C[C@]12CC[C@@H](O)C[C@@H]1CC[C@@H]1[C@@H]2CC[C@]2(C)[C@@H](C(=O)Cn3cnc4cccnc43)CCC[C@@H]12. The van der Waals surface area contributed by atoms with Crippen molar-refractivity contribution in [2.75, 3.05) is 0 Å². The van der Waals surface area contributed by atoms with Crippen LogP contribution in [0.15, 0.2) is 24.7 Å². The molecule has 0 unspecified atom stereocenters. The van der Waals surface area contributed by atoms with Gasteiger partial charge >= 0.3 is 0 Å². The maximum Gasteiger partial charge on any atom is 0.160 e. The van der Waals surface area contributed by atoms with Crippen LogP contribution in [0.2, 0.25) is 0 Å². The minimum absolute atomic E-state index is 0.0843. The van der Waals surface area contributed by atoms with Crippen LogP contribution >= 0.6 is 0 Å². The van der Waals surface area contributed by atoms with Crippen molar-refractivity contribution in [2.45, 2.75) is 90.7 Å². The molecule has 4 aliphatic carbocycles. The van der Waals surface area contributed by atoms with Gasteiger partial charge in [-0.2, -0.15) is 0 Å². The van der Waals surface area contributed by atoms with Crippen LogP contribution in [0.1, 0.15) is 78.1 Å². The van der Waals surface area contributed by atoms with Gasteiger partial charge < -0.3 is 9.67 Å². The van der Waals surface area contributed by atoms with Crippen molar-refractivity contribution in [3.8, 4) is 0 Å². The highest BCUT2D eigenvalue weighted by Gasteiger charge is 2.59. The number of carbonyl (C=O) groups is 1. The van der Waals surface area contributed by atoms with E-state index < -0.39 is 0 Å². The number of aromatic nitrogens is 3. The largest absolute Gasteiger partial charge is 0.393 e. The summed E-state index contributed by atoms with van der Waals surface area (Å²) in [4.78, 5) is 22.7. The first-order valence-corrected chi connectivity index (χ1v) is 13.4. The van der Waals surface area contributed by atoms with Gasteiger partial charge in [0.15, 0.2) is 11.4 Å². The first-order valence-electron chi connectivity index (χ1n) is 13.4. The molecule has 0 aliphatic heterocycles. The molecule has 0 saturated heterocycles. The Hall–Kier alpha value is -1.75. The van der Waals surface area contributed by atoms with Gasteiger partial charge in [0.1, 0.15) is 5.52 Å². The third-order valence-electron chi connectivity index (χ3n) is 11.0. The van der Waals surface area contributed by atoms with Gasteiger partial charge in [-0.3, -0.25) is 4.79 Å². The second-order valence-electron chi connectivity index (χ2n) is 12.3. The predicted octanol–water partition coefficient (Wildman–Crippen LogP) is 5.41. The molecule has 178 valence electrons. The van der Waals surface area contributed by atoms with Gasteiger partial charge in [0.05, 0.1) is 19.0 Å². The highest BCUT2D eigenvalue weighted by atomic mass is 16.3. The number of hydrogen-bond donors (Lipinski definition) is 1. The van der Waals surface area contributed by atoms with E-state index >= 15 is 0 Å². The van der Waals surface area contributed by atoms with E-state index in [0.29, 0.717) is 29.6 Å². The maximum absolute atomic E-state index is 13.8. The van der Waals surface area contributed by atoms with E-state index in [1.54, 1.807) is 12.5 Å². The zero-order valence-electron chi connectivity index (χ0n) is 20.2. The van der Waals surface area contributed by atoms with Crippen LogP contribution in [0.5, 0.6) is 0 Å². The zero-order valence-corrected chi connectivity index (χ0v) is 20.2. The Kier molecular flexibility index (Phi) is 5.21. The number of ketones is 1. The van der Waals surface area contributed by atoms with Crippen molar-refractivity contribution in [3.05, 3.63) is 24.7 Å². The summed E-state index contributed by atoms with van der Waals surface area (Å²) in [6.07, 6.45) is 15.2. The van der Waals surface area contributed by atoms with Crippen LogP contribution in [0.4, 0.5) is 0 Å². The van der Waals surface area contributed by atoms with Crippen molar-refractivity contribution >= 4 is 16.9 Å². The number of carbonyl (C=O) groups excluding carboxylic acids is 1. The standard InChI is InChI=1S/C28H39N3O2/c1-27-12-10-19(32)15-18(27)8-9-20-21-5-3-6-23(28(21,2)13-11-22(20)27)25(33)16-31-17-30-24-7-4-14-29-26(24)31/h4,7,14,17-23,32H,3,5-6,8-13,15-16H2,1-2H3/t18-,19+,20-,21-,22-,23+,27-,28-/m0/s1. The van der Waals surface area contributed by atoms with Crippen molar-refractivity contribution < 1.29 is 9.90 Å². The molecule has 4 fully saturated rings. The lowest BCUT2D eigenvalue weighted by atomic mass is 9.41. The Labute approximate surface area is 197 Å². The molecule has 1 N–H and O–H groups in total. The van der Waals surface area contributed by atoms with Gasteiger partial charge in [-0.05, 0) is 104 Å². The number of Topliss-reactive ketones (excluding diaryl/α,β-unsaturated/α-hetero) is 1. The van der Waals surface area contributed by atoms with E-state index in [2.05, 4.69) is 23.8 Å². The minimum atomic E-state index is -0.0843. The van der Waals surface area contributed by atoms with Crippen LogP contribution in [-0.2, 0) is 11.3 Å². The lowest BCUT2D eigenvalue weighted by molar-refractivity contribution is -0.160. The maximum atomic E-state index is 13.8. The molecule has 4 aliphatic rings. The average Bonchev–Trinajstić information content (AvgIpc) is 3.21. The number of rotatable bonds is 3. The van der Waals surface area contributed by atoms with Gasteiger partial charge in [-0.1, -0.05) is 20.3 Å². The summed E-state index contributed by atoms with van der Waals surface area (Å²) in [7, 11) is 0. The number of imidazole rings is 1. The molecule has 5 nitrogen and oxygen atoms in total. The number of aliphatic hydroxyl groups excluding tert-OH is 1. The van der Waals surface area contributed by atoms with E-state index in [9.17, 15) is 9.90 Å². The molecule has 8 atom stereocenters. The van der Waals surface area contributed by atoms with Crippen LogP contribution in [0.3, 0.4) is 0 Å². The summed E-state index contributed by atoms with van der Waals surface area (Å²) in [5.74, 6) is 3.42. The lowest BCUT2D eigenvalue weighted by Crippen LogP contribution is -2.57. The number of aliphatic hydroxyl groups is 1. The van der Waals surface area contributed by atoms with Crippen LogP contribution in [-0.4, -0.2) is 31.5 Å². The second kappa shape index (κ2) is 7.90. The number of pyridine rings is 1. The summed E-state index contributed by atoms with van der Waals surface area (Å²) >= 11 is 0. The van der Waals surface area contributed by atoms with Crippen molar-refractivity contribution in [2.24, 2.45) is 40.4 Å². The fourth-order valence-electron chi connectivity index (χ4n) is 9.25. The third kappa shape index (κ3) is 3.32. The van der Waals surface area contributed by atoms with Crippen molar-refractivity contribution in [1.29, 1.82) is 0 Å². The van der Waals surface area contributed by atoms with Gasteiger partial charge in [0, 0.05) is 12.1 Å². The van der Waals surface area contributed by atoms with Crippen LogP contribution < -0.4 is 0 Å². The Morgan fingerprint density at radius 2 is 1.88 bits per heavy atom. The lowest BCUT2D eigenvalue weighted by Gasteiger charge is -2.63. The highest BCUT2D eigenvalue weighted by molar-refractivity contribution is 5.83. The summed E-state index contributed by atoms with van der Waals surface area (Å²) in [5.41, 5.74) is 2.19. The zero-order chi connectivity index (χ0) is 22.8. The molecule has 0 aromatic carbocycles. The second-order valence-corrected chi connectivity index (χ2v) is 12.3. The van der Waals surface area contributed by atoms with E-state index in [1.807, 2.05) is 16.7 Å². The van der Waals surface area contributed by atoms with Gasteiger partial charge in [0.25, 0.3) is 0 Å². The van der Waals surface area contributed by atoms with Gasteiger partial charge in [-0.15, -0.1) is 0 Å². The molecule has 0 amide bonds. The first-order chi connectivity index (χ1) is 15.9. The van der Waals surface area contributed by atoms with E-state index in [4.69, 9.17) is 0 Å². The fourth-order valence-corrected chi connectivity index (χ4v) is 9.25. The average molecular weight is 450 g/mol. The number of nitrogens with zero attached hydrogens (tertiary/aromatic N) is 3. The Bertz CT molecular complexity index is 1050. The Morgan fingerprint density at radius 1 is 1.06 bits per heavy atom. The number of hydrogen-bond acceptors (Lipinski definition) is 4. The first kappa shape index (κ1) is 21.8. The van der Waals surface area contributed by atoms with Crippen LogP contribution in [0, 0.1) is 40.4 Å². The molecule has 5 heteroatoms. The van der Waals surface area contributed by atoms with E-state index in [0.717, 1.165) is 42.3 Å². The predicted molar refractivity (Wildman–Crippen MR) is 128 cm³/mol. The molecule has 2 aromatic rings. The van der Waals surface area contributed by atoms with Crippen molar-refractivity contribution in [3.63, 3.8) is 0 Å². The van der Waals surface area contributed by atoms with E-state index in [1.165, 1.54) is 44.9 Å². The summed E-state index contributed by atoms with van der Waals surface area (Å²) in [6, 6.07) is 3.86. The number of fused-ring (bicyclic) bond motifs is 6. The molecular formula is C28H39N3O2. The van der Waals surface area contributed by atoms with Gasteiger partial charge in [0.2, 0.25) is 0 Å². The monoisotopic (exact) mass is 449 g/mol. The van der Waals surface area contributed by atoms with Gasteiger partial charge in [-0.25, -0.2) is 9.97 Å². The summed E-state index contributed by atoms with van der Waals surface area (Å²) in [6.45, 7) is 5.40. The fraction of sp³-hybridized carbons (Fsp3) is 0.750. The Morgan fingerprint density at radius 3 is 2.76 bits per heavy atom. The quantitative estimate of drug-likeness (QED) is 0.680. The van der Waals surface area contributed by atoms with E-state index in [-0.39, 0.29) is 17.4 Å². The summed E-state index contributed by atoms with van der Waals surface area (Å²) < 4.78 is 1.95. The molecule has 2 heterocycles. The molecule has 0 spiro atoms.